The number of aromatic nitrogens is 2. The van der Waals surface area contributed by atoms with Crippen molar-refractivity contribution in [2.75, 3.05) is 18.4 Å². The lowest BCUT2D eigenvalue weighted by molar-refractivity contribution is -0.121. The number of hydrogen-bond donors (Lipinski definition) is 1. The molecule has 1 aliphatic heterocycles. The monoisotopic (exact) mass is 354 g/mol. The van der Waals surface area contributed by atoms with E-state index in [-0.39, 0.29) is 11.9 Å². The van der Waals surface area contributed by atoms with E-state index in [9.17, 15) is 4.79 Å². The van der Waals surface area contributed by atoms with Crippen LogP contribution in [0.25, 0.3) is 0 Å². The van der Waals surface area contributed by atoms with Gasteiger partial charge >= 0.3 is 0 Å². The zero-order valence-corrected chi connectivity index (χ0v) is 16.3. The van der Waals surface area contributed by atoms with Gasteiger partial charge in [-0.1, -0.05) is 30.3 Å². The van der Waals surface area contributed by atoms with Crippen LogP contribution >= 0.6 is 0 Å². The molecule has 0 radical (unpaired) electrons. The highest BCUT2D eigenvalue weighted by Crippen LogP contribution is 2.24. The summed E-state index contributed by atoms with van der Waals surface area (Å²) < 4.78 is 1.81. The molecule has 0 spiro atoms. The summed E-state index contributed by atoms with van der Waals surface area (Å²) in [6.07, 6.45) is 3.44. The minimum absolute atomic E-state index is 0.0608. The number of likely N-dealkylation sites (tertiary alicyclic amines) is 1. The van der Waals surface area contributed by atoms with Crippen LogP contribution in [0.4, 0.5) is 5.69 Å². The number of carbonyl (C=O) groups is 1. The van der Waals surface area contributed by atoms with Crippen LogP contribution in [0.1, 0.15) is 36.7 Å². The molecule has 0 bridgehead atoms. The molecule has 1 aromatic carbocycles. The largest absolute Gasteiger partial charge is 0.322 e. The normalized spacial score (nSPS) is 17.2. The van der Waals surface area contributed by atoms with E-state index >= 15 is 0 Å². The maximum atomic E-state index is 12.7. The summed E-state index contributed by atoms with van der Waals surface area (Å²) in [7, 11) is 1.90. The summed E-state index contributed by atoms with van der Waals surface area (Å²) in [4.78, 5) is 15.0. The van der Waals surface area contributed by atoms with E-state index in [4.69, 9.17) is 0 Å². The molecule has 5 nitrogen and oxygen atoms in total. The Hall–Kier alpha value is -2.14. The lowest BCUT2D eigenvalue weighted by atomic mass is 9.89. The first-order valence-corrected chi connectivity index (χ1v) is 9.54. The van der Waals surface area contributed by atoms with Gasteiger partial charge in [0, 0.05) is 7.05 Å². The van der Waals surface area contributed by atoms with Crippen molar-refractivity contribution in [3.63, 3.8) is 0 Å². The summed E-state index contributed by atoms with van der Waals surface area (Å²) in [6, 6.07) is 10.6. The summed E-state index contributed by atoms with van der Waals surface area (Å²) in [6.45, 7) is 7.89. The van der Waals surface area contributed by atoms with Gasteiger partial charge < -0.3 is 5.32 Å². The van der Waals surface area contributed by atoms with E-state index < -0.39 is 0 Å². The highest BCUT2D eigenvalue weighted by molar-refractivity contribution is 5.95. The lowest BCUT2D eigenvalue weighted by Crippen LogP contribution is -2.46. The van der Waals surface area contributed by atoms with Crippen LogP contribution in [-0.2, 0) is 18.3 Å². The van der Waals surface area contributed by atoms with Crippen molar-refractivity contribution in [3.8, 4) is 0 Å². The highest BCUT2D eigenvalue weighted by Gasteiger charge is 2.27. The molecule has 1 saturated heterocycles. The summed E-state index contributed by atoms with van der Waals surface area (Å²) in [5, 5.41) is 7.46. The van der Waals surface area contributed by atoms with Crippen LogP contribution < -0.4 is 5.32 Å². The van der Waals surface area contributed by atoms with Crippen LogP contribution in [-0.4, -0.2) is 39.7 Å². The number of piperidine rings is 1. The number of benzene rings is 1. The number of rotatable bonds is 5. The van der Waals surface area contributed by atoms with Crippen LogP contribution in [0.5, 0.6) is 0 Å². The van der Waals surface area contributed by atoms with E-state index in [2.05, 4.69) is 45.6 Å². The molecule has 1 N–H and O–H groups in total. The van der Waals surface area contributed by atoms with Gasteiger partial charge in [0.1, 0.15) is 0 Å². The predicted molar refractivity (Wildman–Crippen MR) is 105 cm³/mol. The minimum Gasteiger partial charge on any atom is -0.322 e. The van der Waals surface area contributed by atoms with Crippen LogP contribution in [0.3, 0.4) is 0 Å². The fraction of sp³-hybridized carbons (Fsp3) is 0.524. The predicted octanol–water partition coefficient (Wildman–Crippen LogP) is 3.32. The van der Waals surface area contributed by atoms with E-state index in [1.807, 2.05) is 32.5 Å². The Balaban J connectivity index is 1.53. The van der Waals surface area contributed by atoms with Crippen LogP contribution in [0.2, 0.25) is 0 Å². The first-order valence-electron chi connectivity index (χ1n) is 9.54. The summed E-state index contributed by atoms with van der Waals surface area (Å²) >= 11 is 0. The van der Waals surface area contributed by atoms with Crippen molar-refractivity contribution in [1.82, 2.24) is 14.7 Å². The fourth-order valence-corrected chi connectivity index (χ4v) is 3.84. The maximum absolute atomic E-state index is 12.7. The molecule has 2 aromatic rings. The number of hydrogen-bond acceptors (Lipinski definition) is 3. The van der Waals surface area contributed by atoms with E-state index in [0.717, 1.165) is 49.4 Å². The number of nitrogens with one attached hydrogen (secondary N) is 1. The quantitative estimate of drug-likeness (QED) is 0.896. The zero-order chi connectivity index (χ0) is 18.7. The molecule has 1 aromatic heterocycles. The molecule has 2 heterocycles. The Morgan fingerprint density at radius 2 is 1.88 bits per heavy atom. The molecule has 5 heteroatoms. The van der Waals surface area contributed by atoms with Gasteiger partial charge in [-0.25, -0.2) is 0 Å². The molecule has 0 aliphatic carbocycles. The standard InChI is InChI=1S/C21H30N4O/c1-15-20(16(2)24(4)23-15)22-21(26)17(3)25-12-10-19(11-13-25)14-18-8-6-5-7-9-18/h5-9,17,19H,10-14H2,1-4H3,(H,22,26). The first-order chi connectivity index (χ1) is 12.5. The third-order valence-electron chi connectivity index (χ3n) is 5.70. The van der Waals surface area contributed by atoms with Crippen molar-refractivity contribution >= 4 is 11.6 Å². The number of aryl methyl sites for hydroxylation is 2. The van der Waals surface area contributed by atoms with Crippen molar-refractivity contribution in [2.24, 2.45) is 13.0 Å². The van der Waals surface area contributed by atoms with Crippen LogP contribution in [0.15, 0.2) is 30.3 Å². The van der Waals surface area contributed by atoms with Gasteiger partial charge in [0.2, 0.25) is 5.91 Å². The van der Waals surface area contributed by atoms with Gasteiger partial charge in [0.05, 0.1) is 23.1 Å². The average molecular weight is 354 g/mol. The van der Waals surface area contributed by atoms with Gasteiger partial charge in [0.15, 0.2) is 0 Å². The lowest BCUT2D eigenvalue weighted by Gasteiger charge is -2.35. The Morgan fingerprint density at radius 3 is 2.46 bits per heavy atom. The maximum Gasteiger partial charge on any atom is 0.241 e. The molecule has 1 aliphatic rings. The Kier molecular flexibility index (Phi) is 5.77. The molecular weight excluding hydrogens is 324 g/mol. The van der Waals surface area contributed by atoms with Crippen molar-refractivity contribution in [2.45, 2.75) is 46.1 Å². The zero-order valence-electron chi connectivity index (χ0n) is 16.3. The smallest absolute Gasteiger partial charge is 0.241 e. The Labute approximate surface area is 156 Å². The van der Waals surface area contributed by atoms with Gasteiger partial charge in [-0.15, -0.1) is 0 Å². The molecule has 1 atom stereocenters. The van der Waals surface area contributed by atoms with Crippen molar-refractivity contribution < 1.29 is 4.79 Å². The second-order valence-corrected chi connectivity index (χ2v) is 7.50. The van der Waals surface area contributed by atoms with Crippen LogP contribution in [0, 0.1) is 19.8 Å². The number of amides is 1. The molecular formula is C21H30N4O. The Morgan fingerprint density at radius 1 is 1.23 bits per heavy atom. The van der Waals surface area contributed by atoms with Crippen molar-refractivity contribution in [1.29, 1.82) is 0 Å². The first kappa shape index (κ1) is 18.6. The van der Waals surface area contributed by atoms with E-state index in [0.29, 0.717) is 5.92 Å². The van der Waals surface area contributed by atoms with E-state index in [1.165, 1.54) is 5.56 Å². The third-order valence-corrected chi connectivity index (χ3v) is 5.70. The third kappa shape index (κ3) is 4.15. The highest BCUT2D eigenvalue weighted by atomic mass is 16.2. The topological polar surface area (TPSA) is 50.2 Å². The molecule has 26 heavy (non-hydrogen) atoms. The number of carbonyl (C=O) groups excluding carboxylic acids is 1. The summed E-state index contributed by atoms with van der Waals surface area (Å²) in [5.74, 6) is 0.775. The number of anilines is 1. The molecule has 1 amide bonds. The second kappa shape index (κ2) is 8.04. The minimum atomic E-state index is -0.119. The van der Waals surface area contributed by atoms with Gasteiger partial charge in [-0.05, 0) is 64.6 Å². The molecule has 140 valence electrons. The molecule has 0 saturated carbocycles. The van der Waals surface area contributed by atoms with Gasteiger partial charge in [-0.3, -0.25) is 14.4 Å². The fourth-order valence-electron chi connectivity index (χ4n) is 3.84. The number of nitrogens with zero attached hydrogens (tertiary/aromatic N) is 3. The van der Waals surface area contributed by atoms with Gasteiger partial charge in [-0.2, -0.15) is 5.10 Å². The summed E-state index contributed by atoms with van der Waals surface area (Å²) in [5.41, 5.74) is 4.12. The SMILES string of the molecule is Cc1nn(C)c(C)c1NC(=O)C(C)N1CCC(Cc2ccccc2)CC1. The molecule has 3 rings (SSSR count). The average Bonchev–Trinajstić information content (AvgIpc) is 2.88. The second-order valence-electron chi connectivity index (χ2n) is 7.50. The van der Waals surface area contributed by atoms with E-state index in [1.54, 1.807) is 0 Å². The molecule has 1 fully saturated rings. The van der Waals surface area contributed by atoms with Crippen molar-refractivity contribution in [3.05, 3.63) is 47.3 Å². The Bertz CT molecular complexity index is 745. The molecule has 1 unspecified atom stereocenters. The van der Waals surface area contributed by atoms with Gasteiger partial charge in [0.25, 0.3) is 0 Å².